The third-order valence-corrected chi connectivity index (χ3v) is 6.37. The van der Waals surface area contributed by atoms with Crippen LogP contribution < -0.4 is 14.8 Å². The van der Waals surface area contributed by atoms with Crippen LogP contribution in [0.2, 0.25) is 0 Å². The van der Waals surface area contributed by atoms with E-state index < -0.39 is 5.82 Å². The molecule has 1 aliphatic carbocycles. The number of aromatic nitrogens is 2. The molecule has 1 saturated heterocycles. The average molecular weight is 454 g/mol. The number of carbonyl (C=O) groups is 1. The van der Waals surface area contributed by atoms with Crippen LogP contribution in [0.4, 0.5) is 4.39 Å². The molecule has 1 amide bonds. The van der Waals surface area contributed by atoms with E-state index in [9.17, 15) is 9.18 Å². The summed E-state index contributed by atoms with van der Waals surface area (Å²) in [6, 6.07) is -0.0223. The van der Waals surface area contributed by atoms with Gasteiger partial charge >= 0.3 is 0 Å². The van der Waals surface area contributed by atoms with Crippen molar-refractivity contribution in [3.63, 3.8) is 0 Å². The highest BCUT2D eigenvalue weighted by molar-refractivity contribution is 7.20. The molecule has 2 aromatic heterocycles. The summed E-state index contributed by atoms with van der Waals surface area (Å²) < 4.78 is 38.2. The van der Waals surface area contributed by atoms with Gasteiger partial charge in [0.2, 0.25) is 11.7 Å². The van der Waals surface area contributed by atoms with Crippen LogP contribution in [0.25, 0.3) is 10.2 Å². The minimum absolute atomic E-state index is 0.00977. The Balaban J connectivity index is 1.29. The maximum absolute atomic E-state index is 15.0. The molecule has 0 radical (unpaired) electrons. The van der Waals surface area contributed by atoms with E-state index in [1.54, 1.807) is 0 Å². The van der Waals surface area contributed by atoms with Crippen LogP contribution in [0.1, 0.15) is 46.0 Å². The van der Waals surface area contributed by atoms with Gasteiger partial charge in [-0.2, -0.15) is 4.39 Å². The Morgan fingerprint density at radius 3 is 2.74 bits per heavy atom. The number of thiazole rings is 1. The van der Waals surface area contributed by atoms with Crippen LogP contribution in [0, 0.1) is 5.82 Å². The van der Waals surface area contributed by atoms with E-state index in [2.05, 4.69) is 15.3 Å². The van der Waals surface area contributed by atoms with Gasteiger partial charge in [0, 0.05) is 19.4 Å². The average Bonchev–Trinajstić information content (AvgIpc) is 3.39. The molecular weight excluding hydrogens is 425 g/mol. The number of pyridine rings is 1. The van der Waals surface area contributed by atoms with Crippen LogP contribution >= 0.6 is 11.3 Å². The molecule has 0 unspecified atom stereocenters. The van der Waals surface area contributed by atoms with Crippen molar-refractivity contribution in [2.75, 3.05) is 19.8 Å². The first-order chi connectivity index (χ1) is 15.0. The van der Waals surface area contributed by atoms with Crippen LogP contribution in [0.3, 0.4) is 0 Å². The van der Waals surface area contributed by atoms with Crippen LogP contribution in [-0.2, 0) is 14.3 Å². The molecule has 4 rings (SSSR count). The zero-order valence-corrected chi connectivity index (χ0v) is 18.6. The monoisotopic (exact) mass is 453 g/mol. The Hall–Kier alpha value is -2.04. The molecule has 10 heteroatoms. The Kier molecular flexibility index (Phi) is 7.19. The highest BCUT2D eigenvalue weighted by atomic mass is 32.1. The zero-order chi connectivity index (χ0) is 21.8. The zero-order valence-electron chi connectivity index (χ0n) is 17.8. The van der Waals surface area contributed by atoms with E-state index in [1.807, 2.05) is 6.92 Å². The molecule has 0 spiro atoms. The molecule has 0 bridgehead atoms. The molecule has 2 aromatic rings. The predicted molar refractivity (Wildman–Crippen MR) is 113 cm³/mol. The molecular formula is C21H28FN3O5S. The second-order valence-corrected chi connectivity index (χ2v) is 9.09. The van der Waals surface area contributed by atoms with Gasteiger partial charge in [-0.3, -0.25) is 4.79 Å². The fourth-order valence-electron chi connectivity index (χ4n) is 3.85. The van der Waals surface area contributed by atoms with Crippen LogP contribution in [0.15, 0.2) is 6.20 Å². The first kappa shape index (κ1) is 22.2. The van der Waals surface area contributed by atoms with Gasteiger partial charge in [-0.05, 0) is 32.6 Å². The standard InChI is InChI=1S/C21H28FN3O5S/c1-12(24-13(2)26)10-28-14-3-5-15(6-4-14)29-20-18(22)19-17(9-23-20)25-21(31-19)30-16-7-8-27-11-16/h9,12,14-16H,3-8,10-11H2,1-2H3,(H,24,26)/t12-,14?,15?,16-/m0/s1. The summed E-state index contributed by atoms with van der Waals surface area (Å²) in [5.41, 5.74) is 0.467. The van der Waals surface area contributed by atoms with E-state index in [0.29, 0.717) is 35.2 Å². The first-order valence-corrected chi connectivity index (χ1v) is 11.5. The van der Waals surface area contributed by atoms with Gasteiger partial charge in [-0.15, -0.1) is 0 Å². The minimum atomic E-state index is -0.491. The number of ether oxygens (including phenoxy) is 4. The van der Waals surface area contributed by atoms with Crippen molar-refractivity contribution in [2.24, 2.45) is 0 Å². The maximum Gasteiger partial charge on any atom is 0.274 e. The Morgan fingerprint density at radius 1 is 1.26 bits per heavy atom. The van der Waals surface area contributed by atoms with Crippen LogP contribution in [-0.4, -0.2) is 60.0 Å². The molecule has 3 heterocycles. The van der Waals surface area contributed by atoms with E-state index in [0.717, 1.165) is 32.1 Å². The molecule has 1 N–H and O–H groups in total. The molecule has 2 aliphatic rings. The van der Waals surface area contributed by atoms with E-state index >= 15 is 0 Å². The molecule has 1 saturated carbocycles. The maximum atomic E-state index is 15.0. The Bertz CT molecular complexity index is 897. The first-order valence-electron chi connectivity index (χ1n) is 10.7. The van der Waals surface area contributed by atoms with Gasteiger partial charge < -0.3 is 24.3 Å². The summed E-state index contributed by atoms with van der Waals surface area (Å²) in [5.74, 6) is -0.544. The minimum Gasteiger partial charge on any atom is -0.472 e. The number of halogens is 1. The summed E-state index contributed by atoms with van der Waals surface area (Å²) in [5, 5.41) is 3.23. The number of hydrogen-bond acceptors (Lipinski definition) is 8. The fraction of sp³-hybridized carbons (Fsp3) is 0.667. The smallest absolute Gasteiger partial charge is 0.274 e. The number of amides is 1. The Labute approximate surface area is 184 Å². The lowest BCUT2D eigenvalue weighted by molar-refractivity contribution is -0.120. The lowest BCUT2D eigenvalue weighted by Gasteiger charge is -2.29. The molecule has 2 fully saturated rings. The molecule has 0 aromatic carbocycles. The van der Waals surface area contributed by atoms with Crippen molar-refractivity contribution in [3.05, 3.63) is 12.0 Å². The van der Waals surface area contributed by atoms with Crippen molar-refractivity contribution in [1.82, 2.24) is 15.3 Å². The van der Waals surface area contributed by atoms with E-state index in [-0.39, 0.29) is 36.1 Å². The molecule has 8 nitrogen and oxygen atoms in total. The lowest BCUT2D eigenvalue weighted by Crippen LogP contribution is -2.37. The normalized spacial score (nSPS) is 24.8. The van der Waals surface area contributed by atoms with Gasteiger partial charge in [0.05, 0.1) is 32.1 Å². The van der Waals surface area contributed by atoms with Crippen molar-refractivity contribution in [2.45, 2.75) is 70.3 Å². The van der Waals surface area contributed by atoms with Gasteiger partial charge in [-0.25, -0.2) is 9.97 Å². The van der Waals surface area contributed by atoms with Crippen molar-refractivity contribution in [3.8, 4) is 11.1 Å². The SMILES string of the molecule is CC(=O)N[C@@H](C)COC1CCC(Oc2ncc3nc(O[C@H]4CCOC4)sc3c2F)CC1. The lowest BCUT2D eigenvalue weighted by atomic mass is 9.95. The summed E-state index contributed by atoms with van der Waals surface area (Å²) in [6.45, 7) is 5.09. The van der Waals surface area contributed by atoms with Gasteiger partial charge in [0.15, 0.2) is 0 Å². The summed E-state index contributed by atoms with van der Waals surface area (Å²) in [7, 11) is 0. The number of fused-ring (bicyclic) bond motifs is 1. The quantitative estimate of drug-likeness (QED) is 0.656. The fourth-order valence-corrected chi connectivity index (χ4v) is 4.74. The third kappa shape index (κ3) is 5.81. The number of rotatable bonds is 8. The van der Waals surface area contributed by atoms with Crippen molar-refractivity contribution in [1.29, 1.82) is 0 Å². The Morgan fingerprint density at radius 2 is 2.03 bits per heavy atom. The predicted octanol–water partition coefficient (Wildman–Crippen LogP) is 3.23. The number of nitrogens with one attached hydrogen (secondary N) is 1. The molecule has 31 heavy (non-hydrogen) atoms. The largest absolute Gasteiger partial charge is 0.472 e. The van der Waals surface area contributed by atoms with E-state index in [4.69, 9.17) is 18.9 Å². The molecule has 170 valence electrons. The van der Waals surface area contributed by atoms with Gasteiger partial charge in [-0.1, -0.05) is 11.3 Å². The second kappa shape index (κ2) is 10.1. The third-order valence-electron chi connectivity index (χ3n) is 5.41. The van der Waals surface area contributed by atoms with Crippen molar-refractivity contribution >= 4 is 27.5 Å². The number of carbonyl (C=O) groups excluding carboxylic acids is 1. The van der Waals surface area contributed by atoms with Crippen LogP contribution in [0.5, 0.6) is 11.1 Å². The summed E-state index contributed by atoms with van der Waals surface area (Å²) >= 11 is 1.17. The molecule has 1 aliphatic heterocycles. The van der Waals surface area contributed by atoms with Gasteiger partial charge in [0.25, 0.3) is 11.1 Å². The van der Waals surface area contributed by atoms with Gasteiger partial charge in [0.1, 0.15) is 22.4 Å². The van der Waals surface area contributed by atoms with Crippen molar-refractivity contribution < 1.29 is 28.1 Å². The topological polar surface area (TPSA) is 91.8 Å². The number of hydrogen-bond donors (Lipinski definition) is 1. The number of nitrogens with zero attached hydrogens (tertiary/aromatic N) is 2. The highest BCUT2D eigenvalue weighted by Gasteiger charge is 2.26. The summed E-state index contributed by atoms with van der Waals surface area (Å²) in [4.78, 5) is 19.5. The molecule has 2 atom stereocenters. The summed E-state index contributed by atoms with van der Waals surface area (Å²) in [6.07, 6.45) is 5.49. The van der Waals surface area contributed by atoms with E-state index in [1.165, 1.54) is 24.5 Å². The highest BCUT2D eigenvalue weighted by Crippen LogP contribution is 2.35. The second-order valence-electron chi connectivity index (χ2n) is 8.13.